The Balaban J connectivity index is 3.25. The van der Waals surface area contributed by atoms with Crippen molar-refractivity contribution < 1.29 is 13.2 Å². The molecule has 1 aromatic rings. The van der Waals surface area contributed by atoms with Gasteiger partial charge in [-0.1, -0.05) is 10.2 Å². The molecule has 0 amide bonds. The van der Waals surface area contributed by atoms with Crippen LogP contribution in [0.1, 0.15) is 0 Å². The Morgan fingerprint density at radius 2 is 1.33 bits per heavy atom. The van der Waals surface area contributed by atoms with Crippen molar-refractivity contribution in [2.75, 3.05) is 0 Å². The summed E-state index contributed by atoms with van der Waals surface area (Å²) in [4.78, 5) is 0. The first-order valence-electron chi connectivity index (χ1n) is 1.91. The highest BCUT2D eigenvalue weighted by atomic mass is 19.2. The van der Waals surface area contributed by atoms with E-state index in [9.17, 15) is 13.2 Å². The first kappa shape index (κ1) is 5.93. The number of halogens is 3. The summed E-state index contributed by atoms with van der Waals surface area (Å²) >= 11 is 0. The average molecular weight is 135 g/mol. The molecular formula is C3F3N3. The molecule has 0 N–H and O–H groups in total. The van der Waals surface area contributed by atoms with E-state index in [-0.39, 0.29) is 0 Å². The monoisotopic (exact) mass is 135 g/mol. The lowest BCUT2D eigenvalue weighted by atomic mass is 10.6. The minimum Gasteiger partial charge on any atom is -0.197 e. The second kappa shape index (κ2) is 1.96. The molecule has 0 unspecified atom stereocenters. The summed E-state index contributed by atoms with van der Waals surface area (Å²) in [6, 6.07) is 0. The van der Waals surface area contributed by atoms with E-state index in [1.54, 1.807) is 0 Å². The van der Waals surface area contributed by atoms with Crippen molar-refractivity contribution in [3.63, 3.8) is 0 Å². The molecule has 0 bridgehead atoms. The van der Waals surface area contributed by atoms with Crippen LogP contribution in [0, 0.1) is 17.7 Å². The smallest absolute Gasteiger partial charge is 0.197 e. The van der Waals surface area contributed by atoms with Crippen LogP contribution >= 0.6 is 0 Å². The van der Waals surface area contributed by atoms with Gasteiger partial charge >= 0.3 is 0 Å². The maximum absolute atomic E-state index is 11.8. The normalized spacial score (nSPS) is 9.67. The van der Waals surface area contributed by atoms with Gasteiger partial charge < -0.3 is 0 Å². The van der Waals surface area contributed by atoms with Crippen LogP contribution in [-0.2, 0) is 0 Å². The van der Waals surface area contributed by atoms with Crippen LogP contribution in [0.25, 0.3) is 0 Å². The summed E-state index contributed by atoms with van der Waals surface area (Å²) in [5.41, 5.74) is 0. The summed E-state index contributed by atoms with van der Waals surface area (Å²) in [6.07, 6.45) is 0. The number of nitrogens with zero attached hydrogens (tertiary/aromatic N) is 3. The van der Waals surface area contributed by atoms with Gasteiger partial charge in [0.2, 0.25) is 5.82 Å². The molecule has 0 aliphatic rings. The zero-order valence-electron chi connectivity index (χ0n) is 3.98. The molecule has 0 aromatic carbocycles. The van der Waals surface area contributed by atoms with Crippen molar-refractivity contribution in [1.82, 2.24) is 15.4 Å². The van der Waals surface area contributed by atoms with Gasteiger partial charge in [-0.2, -0.15) is 13.2 Å². The third kappa shape index (κ3) is 0.956. The third-order valence-corrected chi connectivity index (χ3v) is 0.627. The number of hydrogen-bond donors (Lipinski definition) is 0. The molecule has 9 heavy (non-hydrogen) atoms. The highest BCUT2D eigenvalue weighted by molar-refractivity contribution is 4.85. The van der Waals surface area contributed by atoms with E-state index < -0.39 is 17.7 Å². The Bertz CT molecular complexity index is 205. The molecule has 48 valence electrons. The predicted molar refractivity (Wildman–Crippen MR) is 19.7 cm³/mol. The van der Waals surface area contributed by atoms with Crippen LogP contribution < -0.4 is 0 Å². The summed E-state index contributed by atoms with van der Waals surface area (Å²) in [5.74, 6) is -4.87. The highest BCUT2D eigenvalue weighted by Crippen LogP contribution is 2.00. The van der Waals surface area contributed by atoms with E-state index in [0.29, 0.717) is 0 Å². The van der Waals surface area contributed by atoms with Crippen LogP contribution in [0.3, 0.4) is 0 Å². The minimum atomic E-state index is -1.70. The first-order chi connectivity index (χ1) is 4.22. The Morgan fingerprint density at radius 3 is 1.67 bits per heavy atom. The standard InChI is InChI=1S/C3F3N3/c4-1-2(5)7-9-8-3(1)6. The van der Waals surface area contributed by atoms with Crippen molar-refractivity contribution >= 4 is 0 Å². The molecular weight excluding hydrogens is 135 g/mol. The molecule has 0 radical (unpaired) electrons. The minimum absolute atomic E-state index is 1.58. The Morgan fingerprint density at radius 1 is 0.889 bits per heavy atom. The fourth-order valence-electron chi connectivity index (χ4n) is 0.274. The highest BCUT2D eigenvalue weighted by Gasteiger charge is 2.09. The topological polar surface area (TPSA) is 38.7 Å². The first-order valence-corrected chi connectivity index (χ1v) is 1.91. The van der Waals surface area contributed by atoms with Crippen molar-refractivity contribution in [3.05, 3.63) is 17.7 Å². The van der Waals surface area contributed by atoms with Crippen molar-refractivity contribution in [2.45, 2.75) is 0 Å². The molecule has 6 heteroatoms. The van der Waals surface area contributed by atoms with Gasteiger partial charge in [0.1, 0.15) is 0 Å². The second-order valence-electron chi connectivity index (χ2n) is 1.19. The van der Waals surface area contributed by atoms with Crippen LogP contribution in [-0.4, -0.2) is 15.4 Å². The van der Waals surface area contributed by atoms with E-state index in [1.807, 2.05) is 0 Å². The Kier molecular flexibility index (Phi) is 1.29. The maximum atomic E-state index is 11.8. The summed E-state index contributed by atoms with van der Waals surface area (Å²) in [7, 11) is 0. The van der Waals surface area contributed by atoms with Crippen molar-refractivity contribution in [1.29, 1.82) is 0 Å². The van der Waals surface area contributed by atoms with E-state index in [1.165, 1.54) is 0 Å². The van der Waals surface area contributed by atoms with Gasteiger partial charge in [0.25, 0.3) is 11.9 Å². The van der Waals surface area contributed by atoms with Gasteiger partial charge in [0.15, 0.2) is 0 Å². The summed E-state index contributed by atoms with van der Waals surface area (Å²) in [5, 5.41) is 7.55. The van der Waals surface area contributed by atoms with Crippen LogP contribution in [0.4, 0.5) is 13.2 Å². The maximum Gasteiger partial charge on any atom is 0.275 e. The zero-order valence-corrected chi connectivity index (χ0v) is 3.98. The fourth-order valence-corrected chi connectivity index (χ4v) is 0.274. The molecule has 0 saturated heterocycles. The molecule has 0 saturated carbocycles. The van der Waals surface area contributed by atoms with Crippen LogP contribution in [0.15, 0.2) is 0 Å². The number of hydrogen-bond acceptors (Lipinski definition) is 3. The number of rotatable bonds is 0. The predicted octanol–water partition coefficient (Wildman–Crippen LogP) is 0.289. The lowest BCUT2D eigenvalue weighted by molar-refractivity contribution is 0.382. The van der Waals surface area contributed by atoms with Gasteiger partial charge in [0, 0.05) is 0 Å². The van der Waals surface area contributed by atoms with Crippen molar-refractivity contribution in [2.24, 2.45) is 0 Å². The summed E-state index contributed by atoms with van der Waals surface area (Å²) < 4.78 is 35.3. The van der Waals surface area contributed by atoms with Gasteiger partial charge in [-0.25, -0.2) is 0 Å². The van der Waals surface area contributed by atoms with Crippen molar-refractivity contribution in [3.8, 4) is 0 Å². The fraction of sp³-hybridized carbons (Fsp3) is 0. The molecule has 3 nitrogen and oxygen atoms in total. The molecule has 0 spiro atoms. The lowest BCUT2D eigenvalue weighted by Crippen LogP contribution is -2.00. The molecule has 0 atom stereocenters. The van der Waals surface area contributed by atoms with Gasteiger partial charge in [-0.3, -0.25) is 0 Å². The van der Waals surface area contributed by atoms with Gasteiger partial charge in [-0.05, 0) is 5.21 Å². The molecule has 1 aromatic heterocycles. The second-order valence-corrected chi connectivity index (χ2v) is 1.19. The largest absolute Gasteiger partial charge is 0.275 e. The van der Waals surface area contributed by atoms with Crippen LogP contribution in [0.5, 0.6) is 0 Å². The lowest BCUT2D eigenvalue weighted by Gasteiger charge is -1.86. The summed E-state index contributed by atoms with van der Waals surface area (Å²) in [6.45, 7) is 0. The van der Waals surface area contributed by atoms with E-state index in [4.69, 9.17) is 0 Å². The number of aromatic nitrogens is 3. The van der Waals surface area contributed by atoms with E-state index in [2.05, 4.69) is 15.4 Å². The molecule has 0 aliphatic carbocycles. The zero-order chi connectivity index (χ0) is 6.85. The van der Waals surface area contributed by atoms with Gasteiger partial charge in [-0.15, -0.1) is 0 Å². The third-order valence-electron chi connectivity index (χ3n) is 0.627. The molecule has 0 fully saturated rings. The SMILES string of the molecule is Fc1nnnc(F)c1F. The van der Waals surface area contributed by atoms with E-state index in [0.717, 1.165) is 0 Å². The quantitative estimate of drug-likeness (QED) is 0.513. The Labute approximate surface area is 47.5 Å². The average Bonchev–Trinajstić information content (AvgIpc) is 1.83. The Hall–Kier alpha value is -1.20. The molecule has 1 heterocycles. The van der Waals surface area contributed by atoms with Crippen LogP contribution in [0.2, 0.25) is 0 Å². The molecule has 0 aliphatic heterocycles. The molecule has 1 rings (SSSR count). The van der Waals surface area contributed by atoms with Gasteiger partial charge in [0.05, 0.1) is 0 Å². The van der Waals surface area contributed by atoms with E-state index >= 15 is 0 Å².